The Morgan fingerprint density at radius 1 is 1.22 bits per heavy atom. The van der Waals surface area contributed by atoms with Gasteiger partial charge in [0.2, 0.25) is 0 Å². The van der Waals surface area contributed by atoms with Crippen molar-refractivity contribution in [2.45, 2.75) is 37.3 Å². The Morgan fingerprint density at radius 3 is 2.44 bits per heavy atom. The first-order valence-corrected chi connectivity index (χ1v) is 7.65. The second kappa shape index (κ2) is 4.12. The quantitative estimate of drug-likeness (QED) is 0.798. The molecule has 1 aromatic rings. The number of carbonyl (C=O) groups is 1. The summed E-state index contributed by atoms with van der Waals surface area (Å²) in [5.41, 5.74) is 0.240. The van der Waals surface area contributed by atoms with Crippen LogP contribution in [-0.4, -0.2) is 11.0 Å². The summed E-state index contributed by atoms with van der Waals surface area (Å²) in [5.74, 6) is 2.02. The smallest absolute Gasteiger partial charge is 0.150 e. The summed E-state index contributed by atoms with van der Waals surface area (Å²) in [4.78, 5) is 13.8. The molecule has 0 aliphatic heterocycles. The number of hydrogen-bond donors (Lipinski definition) is 0. The van der Waals surface area contributed by atoms with Crippen LogP contribution in [0.25, 0.3) is 0 Å². The van der Waals surface area contributed by atoms with Crippen molar-refractivity contribution in [3.63, 3.8) is 0 Å². The van der Waals surface area contributed by atoms with E-state index in [0.717, 1.165) is 12.3 Å². The molecular weight excluding hydrogens is 240 g/mol. The van der Waals surface area contributed by atoms with Crippen LogP contribution in [0.3, 0.4) is 0 Å². The van der Waals surface area contributed by atoms with Gasteiger partial charge in [-0.3, -0.25) is 4.79 Å². The van der Waals surface area contributed by atoms with Crippen molar-refractivity contribution in [1.82, 2.24) is 0 Å². The molecule has 96 valence electrons. The van der Waals surface area contributed by atoms with Gasteiger partial charge in [-0.15, -0.1) is 11.8 Å². The molecule has 0 aromatic heterocycles. The van der Waals surface area contributed by atoms with E-state index in [-0.39, 0.29) is 10.7 Å². The summed E-state index contributed by atoms with van der Waals surface area (Å²) in [6.45, 7) is 6.80. The number of rotatable bonds is 2. The largest absolute Gasteiger partial charge is 0.298 e. The first-order chi connectivity index (χ1) is 8.51. The molecule has 1 aromatic carbocycles. The molecule has 3 fully saturated rings. The van der Waals surface area contributed by atoms with Crippen LogP contribution in [0.1, 0.15) is 27.2 Å². The van der Waals surface area contributed by atoms with Crippen LogP contribution >= 0.6 is 11.8 Å². The van der Waals surface area contributed by atoms with E-state index in [1.807, 2.05) is 18.2 Å². The van der Waals surface area contributed by atoms with E-state index in [4.69, 9.17) is 0 Å². The number of Topliss-reactive ketones (excluding diaryl/α,β-unsaturated/α-hetero) is 1. The van der Waals surface area contributed by atoms with Gasteiger partial charge in [0, 0.05) is 10.8 Å². The Balaban J connectivity index is 1.81. The number of carbonyl (C=O) groups excluding carboxylic acids is 1. The highest BCUT2D eigenvalue weighted by molar-refractivity contribution is 8.00. The summed E-state index contributed by atoms with van der Waals surface area (Å²) in [6, 6.07) is 10.3. The number of ketones is 1. The fourth-order valence-electron chi connectivity index (χ4n) is 3.81. The van der Waals surface area contributed by atoms with Crippen molar-refractivity contribution in [3.05, 3.63) is 30.3 Å². The molecule has 0 spiro atoms. The highest BCUT2D eigenvalue weighted by Crippen LogP contribution is 2.62. The van der Waals surface area contributed by atoms with Crippen molar-refractivity contribution < 1.29 is 4.79 Å². The second-order valence-corrected chi connectivity index (χ2v) is 7.54. The number of benzene rings is 1. The van der Waals surface area contributed by atoms with Gasteiger partial charge >= 0.3 is 0 Å². The summed E-state index contributed by atoms with van der Waals surface area (Å²) in [6.07, 6.45) is 1.12. The van der Waals surface area contributed by atoms with Crippen molar-refractivity contribution in [2.24, 2.45) is 23.2 Å². The Bertz CT molecular complexity index is 465. The monoisotopic (exact) mass is 260 g/mol. The maximum absolute atomic E-state index is 12.6. The molecule has 0 amide bonds. The lowest BCUT2D eigenvalue weighted by molar-refractivity contribution is -0.154. The van der Waals surface area contributed by atoms with Gasteiger partial charge in [0.05, 0.1) is 5.25 Å². The van der Waals surface area contributed by atoms with E-state index < -0.39 is 0 Å². The minimum atomic E-state index is 0.171. The van der Waals surface area contributed by atoms with Gasteiger partial charge < -0.3 is 0 Å². The minimum Gasteiger partial charge on any atom is -0.298 e. The Morgan fingerprint density at radius 2 is 1.89 bits per heavy atom. The van der Waals surface area contributed by atoms with Crippen molar-refractivity contribution in [2.75, 3.05) is 0 Å². The normalized spacial score (nSPS) is 37.2. The Kier molecular flexibility index (Phi) is 2.81. The van der Waals surface area contributed by atoms with Crippen LogP contribution in [-0.2, 0) is 4.79 Å². The van der Waals surface area contributed by atoms with Gasteiger partial charge in [-0.1, -0.05) is 39.0 Å². The zero-order valence-electron chi connectivity index (χ0n) is 11.2. The third kappa shape index (κ3) is 1.65. The van der Waals surface area contributed by atoms with Gasteiger partial charge in [0.15, 0.2) is 0 Å². The molecule has 0 heterocycles. The van der Waals surface area contributed by atoms with E-state index in [0.29, 0.717) is 17.6 Å². The third-order valence-corrected chi connectivity index (χ3v) is 6.55. The lowest BCUT2D eigenvalue weighted by Gasteiger charge is -2.60. The second-order valence-electron chi connectivity index (χ2n) is 6.33. The summed E-state index contributed by atoms with van der Waals surface area (Å²) < 4.78 is 0. The Labute approximate surface area is 113 Å². The predicted octanol–water partition coefficient (Wildman–Crippen LogP) is 4.03. The first kappa shape index (κ1) is 12.3. The van der Waals surface area contributed by atoms with E-state index in [9.17, 15) is 4.79 Å². The van der Waals surface area contributed by atoms with Crippen LogP contribution < -0.4 is 0 Å². The highest BCUT2D eigenvalue weighted by atomic mass is 32.2. The summed E-state index contributed by atoms with van der Waals surface area (Å²) in [5, 5.41) is 0.171. The average molecular weight is 260 g/mol. The van der Waals surface area contributed by atoms with Crippen LogP contribution in [0.15, 0.2) is 35.2 Å². The minimum absolute atomic E-state index is 0.171. The lowest BCUT2D eigenvalue weighted by Crippen LogP contribution is -2.61. The molecule has 18 heavy (non-hydrogen) atoms. The SMILES string of the molecule is C[C@H]1[C@H]2C[C@@H](C(=O)[C@@H]1Sc1ccccc1)C2(C)C. The van der Waals surface area contributed by atoms with E-state index >= 15 is 0 Å². The lowest BCUT2D eigenvalue weighted by atomic mass is 9.45. The molecule has 3 saturated carbocycles. The van der Waals surface area contributed by atoms with Gasteiger partial charge in [-0.2, -0.15) is 0 Å². The number of hydrogen-bond acceptors (Lipinski definition) is 2. The molecule has 0 saturated heterocycles. The van der Waals surface area contributed by atoms with Crippen molar-refractivity contribution >= 4 is 17.5 Å². The van der Waals surface area contributed by atoms with Gasteiger partial charge in [-0.05, 0) is 35.8 Å². The average Bonchev–Trinajstić information content (AvgIpc) is 2.34. The molecule has 1 nitrogen and oxygen atoms in total. The maximum atomic E-state index is 12.6. The molecule has 3 aliphatic rings. The molecule has 0 unspecified atom stereocenters. The fraction of sp³-hybridized carbons (Fsp3) is 0.562. The van der Waals surface area contributed by atoms with Gasteiger partial charge in [0.1, 0.15) is 5.78 Å². The summed E-state index contributed by atoms with van der Waals surface area (Å²) >= 11 is 1.77. The third-order valence-electron chi connectivity index (χ3n) is 5.09. The highest BCUT2D eigenvalue weighted by Gasteiger charge is 2.61. The van der Waals surface area contributed by atoms with Gasteiger partial charge in [-0.25, -0.2) is 0 Å². The predicted molar refractivity (Wildman–Crippen MR) is 75.6 cm³/mol. The maximum Gasteiger partial charge on any atom is 0.150 e. The Hall–Kier alpha value is -0.760. The van der Waals surface area contributed by atoms with Crippen LogP contribution in [0, 0.1) is 23.2 Å². The molecule has 4 rings (SSSR count). The molecule has 2 bridgehead atoms. The fourth-order valence-corrected chi connectivity index (χ4v) is 5.11. The number of thioether (sulfide) groups is 1. The van der Waals surface area contributed by atoms with E-state index in [1.54, 1.807) is 11.8 Å². The van der Waals surface area contributed by atoms with Crippen LogP contribution in [0.2, 0.25) is 0 Å². The zero-order valence-corrected chi connectivity index (χ0v) is 12.0. The zero-order chi connectivity index (χ0) is 12.9. The topological polar surface area (TPSA) is 17.1 Å². The van der Waals surface area contributed by atoms with E-state index in [1.165, 1.54) is 4.90 Å². The van der Waals surface area contributed by atoms with Crippen molar-refractivity contribution in [1.29, 1.82) is 0 Å². The standard InChI is InChI=1S/C16H20OS/c1-10-12-9-13(16(12,2)3)14(17)15(10)18-11-7-5-4-6-8-11/h4-8,10,12-13,15H,9H2,1-3H3/t10-,12+,13-,15+/m0/s1. The molecule has 3 aliphatic carbocycles. The molecular formula is C16H20OS. The molecule has 0 N–H and O–H groups in total. The molecule has 0 radical (unpaired) electrons. The molecule has 4 atom stereocenters. The summed E-state index contributed by atoms with van der Waals surface area (Å²) in [7, 11) is 0. The van der Waals surface area contributed by atoms with Crippen LogP contribution in [0.4, 0.5) is 0 Å². The molecule has 2 heteroatoms. The van der Waals surface area contributed by atoms with Crippen LogP contribution in [0.5, 0.6) is 0 Å². The van der Waals surface area contributed by atoms with Gasteiger partial charge in [0.25, 0.3) is 0 Å². The number of fused-ring (bicyclic) bond motifs is 2. The van der Waals surface area contributed by atoms with Crippen molar-refractivity contribution in [3.8, 4) is 0 Å². The first-order valence-electron chi connectivity index (χ1n) is 6.77. The van der Waals surface area contributed by atoms with E-state index in [2.05, 4.69) is 32.9 Å².